The molecule has 0 amide bonds. The van der Waals surface area contributed by atoms with Gasteiger partial charge in [-0.15, -0.1) is 13.2 Å². The van der Waals surface area contributed by atoms with Crippen molar-refractivity contribution in [2.75, 3.05) is 0 Å². The number of hydrogen-bond donors (Lipinski definition) is 0. The molecule has 0 heteroatoms. The highest BCUT2D eigenvalue weighted by molar-refractivity contribution is 5.26. The molecule has 2 aromatic carbocycles. The number of aryl methyl sites for hydroxylation is 2. The predicted molar refractivity (Wildman–Crippen MR) is 131 cm³/mol. The third-order valence-electron chi connectivity index (χ3n) is 4.35. The fraction of sp³-hybridized carbons (Fsp3) is 0.500. The van der Waals surface area contributed by atoms with Gasteiger partial charge in [0.15, 0.2) is 0 Å². The zero-order valence-electron chi connectivity index (χ0n) is 19.8. The van der Waals surface area contributed by atoms with E-state index in [-0.39, 0.29) is 0 Å². The van der Waals surface area contributed by atoms with E-state index in [1.807, 2.05) is 19.9 Å². The molecule has 1 fully saturated rings. The summed E-state index contributed by atoms with van der Waals surface area (Å²) in [7, 11) is 0. The molecule has 1 saturated carbocycles. The maximum Gasteiger partial charge on any atom is -0.0219 e. The fourth-order valence-electron chi connectivity index (χ4n) is 2.42. The molecule has 0 atom stereocenters. The van der Waals surface area contributed by atoms with Crippen LogP contribution in [0.25, 0.3) is 0 Å². The Morgan fingerprint density at radius 1 is 0.821 bits per heavy atom. The minimum absolute atomic E-state index is 0.659. The molecular formula is C28H46. The highest BCUT2D eigenvalue weighted by atomic mass is 14.2. The number of rotatable bonds is 4. The normalized spacial score (nSPS) is 11.3. The zero-order chi connectivity index (χ0) is 21.8. The van der Waals surface area contributed by atoms with Gasteiger partial charge in [-0.25, -0.2) is 0 Å². The Morgan fingerprint density at radius 3 is 1.57 bits per heavy atom. The van der Waals surface area contributed by atoms with Gasteiger partial charge in [0.2, 0.25) is 0 Å². The summed E-state index contributed by atoms with van der Waals surface area (Å²) in [4.78, 5) is 0. The molecule has 2 aromatic rings. The first-order valence-electron chi connectivity index (χ1n) is 11.2. The van der Waals surface area contributed by atoms with E-state index in [0.29, 0.717) is 5.92 Å². The fourth-order valence-corrected chi connectivity index (χ4v) is 2.42. The van der Waals surface area contributed by atoms with E-state index in [4.69, 9.17) is 0 Å². The van der Waals surface area contributed by atoms with Crippen molar-refractivity contribution >= 4 is 0 Å². The van der Waals surface area contributed by atoms with Crippen LogP contribution in [-0.2, 0) is 12.8 Å². The molecule has 0 aromatic heterocycles. The van der Waals surface area contributed by atoms with Gasteiger partial charge in [0.1, 0.15) is 0 Å². The molecule has 1 aliphatic rings. The second-order valence-corrected chi connectivity index (χ2v) is 7.12. The van der Waals surface area contributed by atoms with Crippen LogP contribution in [0.3, 0.4) is 0 Å². The third-order valence-corrected chi connectivity index (χ3v) is 4.35. The molecule has 0 heterocycles. The Labute approximate surface area is 177 Å². The van der Waals surface area contributed by atoms with E-state index in [0.717, 1.165) is 12.3 Å². The highest BCUT2D eigenvalue weighted by Gasteiger charge is 2.12. The second kappa shape index (κ2) is 19.9. The summed E-state index contributed by atoms with van der Waals surface area (Å²) in [6.45, 7) is 21.1. The van der Waals surface area contributed by atoms with Crippen LogP contribution >= 0.6 is 0 Å². The van der Waals surface area contributed by atoms with Gasteiger partial charge in [0, 0.05) is 0 Å². The Hall–Kier alpha value is -1.82. The Balaban J connectivity index is 0. The monoisotopic (exact) mass is 382 g/mol. The SMILES string of the molecule is C=C.CC.CC(C)c1ccccc1.CC1CC1.CCCc1ccccc1CC. The highest BCUT2D eigenvalue weighted by Crippen LogP contribution is 2.26. The van der Waals surface area contributed by atoms with Crippen LogP contribution in [0.4, 0.5) is 0 Å². The van der Waals surface area contributed by atoms with E-state index < -0.39 is 0 Å². The molecule has 0 nitrogen and oxygen atoms in total. The minimum Gasteiger partial charge on any atom is -0.106 e. The van der Waals surface area contributed by atoms with E-state index in [1.54, 1.807) is 0 Å². The van der Waals surface area contributed by atoms with Gasteiger partial charge < -0.3 is 0 Å². The minimum atomic E-state index is 0.659. The van der Waals surface area contributed by atoms with E-state index in [9.17, 15) is 0 Å². The molecule has 0 spiro atoms. The van der Waals surface area contributed by atoms with Crippen LogP contribution in [0.2, 0.25) is 0 Å². The summed E-state index contributed by atoms with van der Waals surface area (Å²) in [6.07, 6.45) is 6.61. The van der Waals surface area contributed by atoms with Gasteiger partial charge in [-0.2, -0.15) is 0 Å². The summed E-state index contributed by atoms with van der Waals surface area (Å²) >= 11 is 0. The molecule has 3 rings (SSSR count). The number of hydrogen-bond acceptors (Lipinski definition) is 0. The summed E-state index contributed by atoms with van der Waals surface area (Å²) in [6, 6.07) is 19.2. The first kappa shape index (κ1) is 28.4. The van der Waals surface area contributed by atoms with Crippen LogP contribution in [0.5, 0.6) is 0 Å². The third kappa shape index (κ3) is 15.3. The van der Waals surface area contributed by atoms with Crippen LogP contribution in [0.15, 0.2) is 67.8 Å². The molecule has 0 unspecified atom stereocenters. The van der Waals surface area contributed by atoms with E-state index >= 15 is 0 Å². The standard InChI is InChI=1S/C11H16.C9H12.C4H8.C2H6.C2H4/c1-3-7-11-9-6-5-8-10(11)4-2;1-8(2)9-6-4-3-5-7-9;1-4-2-3-4;2*1-2/h5-6,8-9H,3-4,7H2,1-2H3;3-8H,1-2H3;4H,2-3H2,1H3;1-2H3;1-2H2. The summed E-state index contributed by atoms with van der Waals surface area (Å²) in [5, 5.41) is 0. The molecule has 158 valence electrons. The van der Waals surface area contributed by atoms with E-state index in [1.165, 1.54) is 42.4 Å². The lowest BCUT2D eigenvalue weighted by atomic mass is 10.0. The Kier molecular flexibility index (Phi) is 20.2. The van der Waals surface area contributed by atoms with Crippen LogP contribution in [0, 0.1) is 5.92 Å². The zero-order valence-corrected chi connectivity index (χ0v) is 19.8. The molecule has 1 aliphatic carbocycles. The molecule has 0 saturated heterocycles. The largest absolute Gasteiger partial charge is 0.106 e. The lowest BCUT2D eigenvalue weighted by Gasteiger charge is -2.04. The molecule has 0 N–H and O–H groups in total. The quantitative estimate of drug-likeness (QED) is 0.462. The van der Waals surface area contributed by atoms with Gasteiger partial charge >= 0.3 is 0 Å². The van der Waals surface area contributed by atoms with E-state index in [2.05, 4.69) is 96.3 Å². The van der Waals surface area contributed by atoms with Gasteiger partial charge in [-0.05, 0) is 41.4 Å². The van der Waals surface area contributed by atoms with Gasteiger partial charge in [0.25, 0.3) is 0 Å². The van der Waals surface area contributed by atoms with Crippen molar-refractivity contribution in [1.82, 2.24) is 0 Å². The van der Waals surface area contributed by atoms with Crippen LogP contribution < -0.4 is 0 Å². The molecular weight excluding hydrogens is 336 g/mol. The van der Waals surface area contributed by atoms with Gasteiger partial charge in [-0.3, -0.25) is 0 Å². The van der Waals surface area contributed by atoms with Crippen molar-refractivity contribution in [3.63, 3.8) is 0 Å². The van der Waals surface area contributed by atoms with Crippen molar-refractivity contribution in [3.8, 4) is 0 Å². The van der Waals surface area contributed by atoms with Gasteiger partial charge in [-0.1, -0.05) is 122 Å². The maximum atomic E-state index is 3.00. The van der Waals surface area contributed by atoms with Crippen LogP contribution in [0.1, 0.15) is 90.3 Å². The predicted octanol–water partition coefficient (Wildman–Crippen LogP) is 9.26. The lowest BCUT2D eigenvalue weighted by Crippen LogP contribution is -1.90. The molecule has 0 bridgehead atoms. The summed E-state index contributed by atoms with van der Waals surface area (Å²) in [5.41, 5.74) is 4.45. The average Bonchev–Trinajstić information content (AvgIpc) is 3.55. The summed E-state index contributed by atoms with van der Waals surface area (Å²) in [5.74, 6) is 1.74. The number of benzene rings is 2. The smallest absolute Gasteiger partial charge is 0.0219 e. The Bertz CT molecular complexity index is 549. The average molecular weight is 383 g/mol. The summed E-state index contributed by atoms with van der Waals surface area (Å²) < 4.78 is 0. The topological polar surface area (TPSA) is 0 Å². The first-order valence-corrected chi connectivity index (χ1v) is 11.2. The lowest BCUT2D eigenvalue weighted by molar-refractivity contribution is 0.867. The maximum absolute atomic E-state index is 3.00. The van der Waals surface area contributed by atoms with Crippen molar-refractivity contribution in [1.29, 1.82) is 0 Å². The van der Waals surface area contributed by atoms with Crippen molar-refractivity contribution in [3.05, 3.63) is 84.4 Å². The molecule has 0 radical (unpaired) electrons. The van der Waals surface area contributed by atoms with Crippen molar-refractivity contribution < 1.29 is 0 Å². The van der Waals surface area contributed by atoms with Crippen molar-refractivity contribution in [2.24, 2.45) is 5.92 Å². The molecule has 0 aliphatic heterocycles. The Morgan fingerprint density at radius 2 is 1.25 bits per heavy atom. The van der Waals surface area contributed by atoms with Crippen LogP contribution in [-0.4, -0.2) is 0 Å². The van der Waals surface area contributed by atoms with Gasteiger partial charge in [0.05, 0.1) is 0 Å². The second-order valence-electron chi connectivity index (χ2n) is 7.12. The van der Waals surface area contributed by atoms with Crippen molar-refractivity contribution in [2.45, 2.75) is 86.5 Å². The molecule has 28 heavy (non-hydrogen) atoms. The first-order chi connectivity index (χ1) is 13.6.